The van der Waals surface area contributed by atoms with E-state index in [0.717, 1.165) is 29.9 Å². The van der Waals surface area contributed by atoms with E-state index in [0.29, 0.717) is 6.04 Å². The third kappa shape index (κ3) is 4.78. The minimum atomic E-state index is 0.552. The maximum absolute atomic E-state index is 5.32. The number of hydrogen-bond donors (Lipinski definition) is 2. The number of furan rings is 1. The normalized spacial score (nSPS) is 23.6. The molecule has 112 valence electrons. The first-order valence-electron chi connectivity index (χ1n) is 7.34. The highest BCUT2D eigenvalue weighted by atomic mass is 32.2. The standard InChI is InChI=1S/C15H25N3OS/c1-16-15(17-9-8-13-6-4-10-19-13)18-12-5-3-7-14(11-12)20-2/h4,6,10,12,14H,3,5,7-9,11H2,1-2H3,(H2,16,17,18). The van der Waals surface area contributed by atoms with Crippen molar-refractivity contribution in [3.05, 3.63) is 24.2 Å². The molecule has 2 rings (SSSR count). The number of aliphatic imine (C=N–C) groups is 1. The molecular weight excluding hydrogens is 270 g/mol. The molecule has 0 amide bonds. The third-order valence-electron chi connectivity index (χ3n) is 3.77. The molecule has 1 aromatic rings. The molecule has 2 N–H and O–H groups in total. The van der Waals surface area contributed by atoms with Crippen LogP contribution in [0.5, 0.6) is 0 Å². The fraction of sp³-hybridized carbons (Fsp3) is 0.667. The van der Waals surface area contributed by atoms with Gasteiger partial charge in [-0.05, 0) is 37.7 Å². The fourth-order valence-electron chi connectivity index (χ4n) is 2.64. The van der Waals surface area contributed by atoms with Crippen molar-refractivity contribution in [1.82, 2.24) is 10.6 Å². The molecule has 0 saturated heterocycles. The topological polar surface area (TPSA) is 49.6 Å². The Morgan fingerprint density at radius 1 is 1.50 bits per heavy atom. The second-order valence-electron chi connectivity index (χ2n) is 5.19. The van der Waals surface area contributed by atoms with Gasteiger partial charge in [0.05, 0.1) is 6.26 Å². The third-order valence-corrected chi connectivity index (χ3v) is 4.86. The Morgan fingerprint density at radius 2 is 2.40 bits per heavy atom. The van der Waals surface area contributed by atoms with Crippen LogP contribution in [0.25, 0.3) is 0 Å². The summed E-state index contributed by atoms with van der Waals surface area (Å²) in [6.07, 6.45) is 9.95. The van der Waals surface area contributed by atoms with Crippen molar-refractivity contribution in [1.29, 1.82) is 0 Å². The van der Waals surface area contributed by atoms with Crippen LogP contribution in [0, 0.1) is 0 Å². The van der Waals surface area contributed by atoms with Crippen molar-refractivity contribution in [3.8, 4) is 0 Å². The number of rotatable bonds is 5. The van der Waals surface area contributed by atoms with Crippen LogP contribution in [0.4, 0.5) is 0 Å². The van der Waals surface area contributed by atoms with Crippen LogP contribution in [-0.2, 0) is 6.42 Å². The van der Waals surface area contributed by atoms with E-state index >= 15 is 0 Å². The van der Waals surface area contributed by atoms with E-state index in [1.165, 1.54) is 25.7 Å². The number of guanidine groups is 1. The monoisotopic (exact) mass is 295 g/mol. The molecule has 0 radical (unpaired) electrons. The van der Waals surface area contributed by atoms with E-state index in [2.05, 4.69) is 21.9 Å². The first-order chi connectivity index (χ1) is 9.81. The van der Waals surface area contributed by atoms with E-state index in [-0.39, 0.29) is 0 Å². The van der Waals surface area contributed by atoms with Gasteiger partial charge in [0.15, 0.2) is 5.96 Å². The summed E-state index contributed by atoms with van der Waals surface area (Å²) in [7, 11) is 1.83. The highest BCUT2D eigenvalue weighted by Crippen LogP contribution is 2.26. The molecular formula is C15H25N3OS. The number of hydrogen-bond acceptors (Lipinski definition) is 3. The van der Waals surface area contributed by atoms with Crippen LogP contribution in [0.2, 0.25) is 0 Å². The lowest BCUT2D eigenvalue weighted by atomic mass is 9.95. The lowest BCUT2D eigenvalue weighted by molar-refractivity contribution is 0.419. The number of nitrogens with zero attached hydrogens (tertiary/aromatic N) is 1. The summed E-state index contributed by atoms with van der Waals surface area (Å²) in [4.78, 5) is 4.31. The molecule has 20 heavy (non-hydrogen) atoms. The molecule has 1 heterocycles. The Balaban J connectivity index is 1.72. The second kappa shape index (κ2) is 8.25. The van der Waals surface area contributed by atoms with Crippen LogP contribution in [-0.4, -0.2) is 37.1 Å². The van der Waals surface area contributed by atoms with E-state index < -0.39 is 0 Å². The maximum Gasteiger partial charge on any atom is 0.191 e. The molecule has 2 atom stereocenters. The predicted molar refractivity (Wildman–Crippen MR) is 86.5 cm³/mol. The van der Waals surface area contributed by atoms with E-state index in [1.54, 1.807) is 6.26 Å². The Bertz CT molecular complexity index is 405. The Hall–Kier alpha value is -1.10. The summed E-state index contributed by atoms with van der Waals surface area (Å²) >= 11 is 1.99. The minimum Gasteiger partial charge on any atom is -0.469 e. The molecule has 0 bridgehead atoms. The van der Waals surface area contributed by atoms with Gasteiger partial charge in [0.1, 0.15) is 5.76 Å². The first kappa shape index (κ1) is 15.3. The summed E-state index contributed by atoms with van der Waals surface area (Å²) in [5.74, 6) is 1.91. The zero-order chi connectivity index (χ0) is 14.2. The van der Waals surface area contributed by atoms with Gasteiger partial charge < -0.3 is 15.1 Å². The summed E-state index contributed by atoms with van der Waals surface area (Å²) in [6, 6.07) is 4.48. The van der Waals surface area contributed by atoms with Gasteiger partial charge >= 0.3 is 0 Å². The molecule has 0 aromatic carbocycles. The predicted octanol–water partition coefficient (Wildman–Crippen LogP) is 2.66. The molecule has 0 aliphatic heterocycles. The molecule has 1 aliphatic rings. The van der Waals surface area contributed by atoms with Gasteiger partial charge in [-0.2, -0.15) is 11.8 Å². The van der Waals surface area contributed by atoms with Crippen molar-refractivity contribution in [2.75, 3.05) is 19.8 Å². The van der Waals surface area contributed by atoms with Gasteiger partial charge in [-0.25, -0.2) is 0 Å². The summed E-state index contributed by atoms with van der Waals surface area (Å²) in [5.41, 5.74) is 0. The van der Waals surface area contributed by atoms with Gasteiger partial charge in [0, 0.05) is 31.3 Å². The summed E-state index contributed by atoms with van der Waals surface area (Å²) < 4.78 is 5.32. The van der Waals surface area contributed by atoms with Gasteiger partial charge in [0.2, 0.25) is 0 Å². The molecule has 1 aliphatic carbocycles. The lowest BCUT2D eigenvalue weighted by Gasteiger charge is -2.29. The van der Waals surface area contributed by atoms with E-state index in [9.17, 15) is 0 Å². The quantitative estimate of drug-likeness (QED) is 0.648. The van der Waals surface area contributed by atoms with Crippen LogP contribution in [0.3, 0.4) is 0 Å². The molecule has 0 spiro atoms. The summed E-state index contributed by atoms with van der Waals surface area (Å²) in [6.45, 7) is 0.839. The minimum absolute atomic E-state index is 0.552. The van der Waals surface area contributed by atoms with Crippen molar-refractivity contribution >= 4 is 17.7 Å². The van der Waals surface area contributed by atoms with Gasteiger partial charge in [-0.3, -0.25) is 4.99 Å². The van der Waals surface area contributed by atoms with E-state index in [1.807, 2.05) is 30.9 Å². The molecule has 1 fully saturated rings. The average molecular weight is 295 g/mol. The highest BCUT2D eigenvalue weighted by Gasteiger charge is 2.21. The van der Waals surface area contributed by atoms with Crippen molar-refractivity contribution in [2.45, 2.75) is 43.4 Å². The number of thioether (sulfide) groups is 1. The van der Waals surface area contributed by atoms with Gasteiger partial charge in [0.25, 0.3) is 0 Å². The molecule has 5 heteroatoms. The molecule has 1 aromatic heterocycles. The van der Waals surface area contributed by atoms with Crippen LogP contribution in [0.1, 0.15) is 31.4 Å². The Labute approximate surface area is 125 Å². The van der Waals surface area contributed by atoms with Crippen molar-refractivity contribution < 1.29 is 4.42 Å². The molecule has 2 unspecified atom stereocenters. The Kier molecular flexibility index (Phi) is 6.30. The van der Waals surface area contributed by atoms with E-state index in [4.69, 9.17) is 4.42 Å². The largest absolute Gasteiger partial charge is 0.469 e. The average Bonchev–Trinajstić information content (AvgIpc) is 2.99. The lowest BCUT2D eigenvalue weighted by Crippen LogP contribution is -2.46. The van der Waals surface area contributed by atoms with Gasteiger partial charge in [-0.15, -0.1) is 0 Å². The highest BCUT2D eigenvalue weighted by molar-refractivity contribution is 7.99. The fourth-order valence-corrected chi connectivity index (χ4v) is 3.46. The van der Waals surface area contributed by atoms with Crippen molar-refractivity contribution in [3.63, 3.8) is 0 Å². The van der Waals surface area contributed by atoms with Gasteiger partial charge in [-0.1, -0.05) is 6.42 Å². The summed E-state index contributed by atoms with van der Waals surface area (Å²) in [5, 5.41) is 7.70. The Morgan fingerprint density at radius 3 is 3.10 bits per heavy atom. The molecule has 4 nitrogen and oxygen atoms in total. The maximum atomic E-state index is 5.32. The van der Waals surface area contributed by atoms with Crippen LogP contribution < -0.4 is 10.6 Å². The zero-order valence-electron chi connectivity index (χ0n) is 12.4. The first-order valence-corrected chi connectivity index (χ1v) is 8.63. The molecule has 1 saturated carbocycles. The second-order valence-corrected chi connectivity index (χ2v) is 6.33. The van der Waals surface area contributed by atoms with Crippen LogP contribution in [0.15, 0.2) is 27.8 Å². The zero-order valence-corrected chi connectivity index (χ0v) is 13.2. The number of nitrogens with one attached hydrogen (secondary N) is 2. The van der Waals surface area contributed by atoms with Crippen molar-refractivity contribution in [2.24, 2.45) is 4.99 Å². The SMILES string of the molecule is CN=C(NCCc1ccco1)NC1CCCC(SC)C1. The van der Waals surface area contributed by atoms with Crippen LogP contribution >= 0.6 is 11.8 Å². The smallest absolute Gasteiger partial charge is 0.191 e.